The van der Waals surface area contributed by atoms with Gasteiger partial charge in [0.25, 0.3) is 0 Å². The number of anilines is 1. The topological polar surface area (TPSA) is 71.1 Å². The number of likely N-dealkylation sites (tertiary alicyclic amines) is 1. The van der Waals surface area contributed by atoms with Crippen LogP contribution in [0, 0.1) is 5.82 Å². The van der Waals surface area contributed by atoms with Gasteiger partial charge in [0.1, 0.15) is 18.0 Å². The zero-order chi connectivity index (χ0) is 24.8. The summed E-state index contributed by atoms with van der Waals surface area (Å²) in [5.74, 6) is -0.206. The molecule has 2 amide bonds. The maximum Gasteiger partial charge on any atom is 0.227 e. The first-order valence-corrected chi connectivity index (χ1v) is 12.5. The molecule has 2 aliphatic heterocycles. The van der Waals surface area contributed by atoms with Crippen LogP contribution in [-0.2, 0) is 25.5 Å². The van der Waals surface area contributed by atoms with E-state index in [1.807, 2.05) is 18.2 Å². The fraction of sp³-hybridized carbons (Fsp3) is 0.556. The number of nitrogens with one attached hydrogen (secondary N) is 1. The molecule has 1 aromatic rings. The lowest BCUT2D eigenvalue weighted by Gasteiger charge is -2.34. The van der Waals surface area contributed by atoms with Crippen LogP contribution < -0.4 is 10.2 Å². The number of ether oxygens (including phenoxy) is 2. The molecule has 35 heavy (non-hydrogen) atoms. The summed E-state index contributed by atoms with van der Waals surface area (Å²) in [6.45, 7) is 3.30. The maximum absolute atomic E-state index is 13.7. The highest BCUT2D eigenvalue weighted by Gasteiger charge is 2.26. The third kappa shape index (κ3) is 6.57. The first-order chi connectivity index (χ1) is 17.0. The molecule has 2 atom stereocenters. The number of nitrogens with zero attached hydrogens (tertiary/aromatic N) is 2. The Hall–Kier alpha value is -2.55. The number of piperidine rings is 1. The number of carbonyl (C=O) groups is 2. The van der Waals surface area contributed by atoms with Gasteiger partial charge < -0.3 is 24.6 Å². The predicted molar refractivity (Wildman–Crippen MR) is 133 cm³/mol. The van der Waals surface area contributed by atoms with E-state index in [0.717, 1.165) is 55.7 Å². The van der Waals surface area contributed by atoms with Crippen molar-refractivity contribution in [2.24, 2.45) is 0 Å². The highest BCUT2D eigenvalue weighted by molar-refractivity contribution is 5.96. The van der Waals surface area contributed by atoms with Crippen LogP contribution in [0.2, 0.25) is 0 Å². The van der Waals surface area contributed by atoms with E-state index in [0.29, 0.717) is 25.8 Å². The monoisotopic (exact) mass is 485 g/mol. The van der Waals surface area contributed by atoms with Crippen molar-refractivity contribution in [2.75, 3.05) is 45.3 Å². The molecule has 7 nitrogen and oxygen atoms in total. The van der Waals surface area contributed by atoms with Gasteiger partial charge in [-0.1, -0.05) is 18.2 Å². The second-order valence-electron chi connectivity index (χ2n) is 9.53. The number of methoxy groups -OCH3 is 2. The number of allylic oxidation sites excluding steroid dienone is 1. The second kappa shape index (κ2) is 11.9. The highest BCUT2D eigenvalue weighted by atomic mass is 19.1. The number of benzene rings is 1. The minimum absolute atomic E-state index is 0.0274. The van der Waals surface area contributed by atoms with Gasteiger partial charge in [-0.25, -0.2) is 4.39 Å². The Bertz CT molecular complexity index is 971. The lowest BCUT2D eigenvalue weighted by atomic mass is 9.99. The smallest absolute Gasteiger partial charge is 0.227 e. The first-order valence-electron chi connectivity index (χ1n) is 12.5. The second-order valence-corrected chi connectivity index (χ2v) is 9.53. The molecule has 0 bridgehead atoms. The average molecular weight is 486 g/mol. The molecule has 1 aliphatic carbocycles. The van der Waals surface area contributed by atoms with Crippen LogP contribution in [0.3, 0.4) is 0 Å². The van der Waals surface area contributed by atoms with Gasteiger partial charge in [0.15, 0.2) is 0 Å². The molecule has 1 aromatic carbocycles. The number of fused-ring (bicyclic) bond motifs is 1. The molecule has 3 aliphatic rings. The number of hydrogen-bond donors (Lipinski definition) is 1. The Morgan fingerprint density at radius 1 is 1.11 bits per heavy atom. The van der Waals surface area contributed by atoms with Gasteiger partial charge in [0, 0.05) is 52.0 Å². The van der Waals surface area contributed by atoms with Crippen molar-refractivity contribution in [3.8, 4) is 0 Å². The average Bonchev–Trinajstić information content (AvgIpc) is 2.86. The Labute approximate surface area is 206 Å². The summed E-state index contributed by atoms with van der Waals surface area (Å²) in [5, 5.41) is 3.17. The van der Waals surface area contributed by atoms with Gasteiger partial charge in [-0.15, -0.1) is 0 Å². The molecule has 1 fully saturated rings. The van der Waals surface area contributed by atoms with Crippen molar-refractivity contribution >= 4 is 17.5 Å². The Kier molecular flexibility index (Phi) is 8.70. The third-order valence-electron chi connectivity index (χ3n) is 7.17. The Morgan fingerprint density at radius 3 is 2.63 bits per heavy atom. The van der Waals surface area contributed by atoms with E-state index >= 15 is 0 Å². The SMILES string of the molecule is COC1C=CC(CC(=O)NC2CCN(CCCN3C(=O)CCc4ccc(F)cc43)CC2)=CC1OC. The van der Waals surface area contributed by atoms with Crippen molar-refractivity contribution < 1.29 is 23.5 Å². The third-order valence-corrected chi connectivity index (χ3v) is 7.17. The van der Waals surface area contributed by atoms with E-state index in [1.54, 1.807) is 25.2 Å². The minimum Gasteiger partial charge on any atom is -0.374 e. The van der Waals surface area contributed by atoms with Crippen LogP contribution in [0.4, 0.5) is 10.1 Å². The van der Waals surface area contributed by atoms with Crippen molar-refractivity contribution in [1.29, 1.82) is 0 Å². The standard InChI is InChI=1S/C27H36FN3O4/c1-34-24-8-4-19(16-25(24)35-2)17-26(32)29-22-10-14-30(15-11-22)12-3-13-31-23-18-21(28)7-5-20(23)6-9-27(31)33/h4-5,7-8,16,18,22,24-25H,3,6,9-15,17H2,1-2H3,(H,29,32). The molecular formula is C27H36FN3O4. The Morgan fingerprint density at radius 2 is 1.89 bits per heavy atom. The molecule has 190 valence electrons. The summed E-state index contributed by atoms with van der Waals surface area (Å²) >= 11 is 0. The molecule has 0 saturated carbocycles. The van der Waals surface area contributed by atoms with Gasteiger partial charge in [-0.2, -0.15) is 0 Å². The Balaban J connectivity index is 1.18. The van der Waals surface area contributed by atoms with Crippen molar-refractivity contribution in [3.63, 3.8) is 0 Å². The van der Waals surface area contributed by atoms with Crippen molar-refractivity contribution in [1.82, 2.24) is 10.2 Å². The van der Waals surface area contributed by atoms with E-state index in [4.69, 9.17) is 9.47 Å². The van der Waals surface area contributed by atoms with Gasteiger partial charge in [-0.05, 0) is 61.6 Å². The van der Waals surface area contributed by atoms with E-state index in [-0.39, 0.29) is 35.9 Å². The molecule has 0 aromatic heterocycles. The zero-order valence-corrected chi connectivity index (χ0v) is 20.7. The zero-order valence-electron chi connectivity index (χ0n) is 20.7. The van der Waals surface area contributed by atoms with E-state index in [9.17, 15) is 14.0 Å². The van der Waals surface area contributed by atoms with E-state index < -0.39 is 0 Å². The number of amides is 2. The predicted octanol–water partition coefficient (Wildman–Crippen LogP) is 2.99. The van der Waals surface area contributed by atoms with Gasteiger partial charge in [0.2, 0.25) is 11.8 Å². The largest absolute Gasteiger partial charge is 0.374 e. The molecule has 8 heteroatoms. The van der Waals surface area contributed by atoms with Crippen molar-refractivity contribution in [3.05, 3.63) is 53.4 Å². The first kappa shape index (κ1) is 25.5. The van der Waals surface area contributed by atoms with Gasteiger partial charge >= 0.3 is 0 Å². The minimum atomic E-state index is -0.305. The van der Waals surface area contributed by atoms with E-state index in [2.05, 4.69) is 10.2 Å². The molecular weight excluding hydrogens is 449 g/mol. The molecule has 0 radical (unpaired) electrons. The molecule has 1 saturated heterocycles. The van der Waals surface area contributed by atoms with Crippen LogP contribution in [0.5, 0.6) is 0 Å². The summed E-state index contributed by atoms with van der Waals surface area (Å²) in [4.78, 5) is 29.1. The van der Waals surface area contributed by atoms with Crippen LogP contribution in [-0.4, -0.2) is 75.4 Å². The number of carbonyl (C=O) groups excluding carboxylic acids is 2. The normalized spacial score (nSPS) is 23.2. The molecule has 2 heterocycles. The lowest BCUT2D eigenvalue weighted by Crippen LogP contribution is -2.45. The quantitative estimate of drug-likeness (QED) is 0.582. The van der Waals surface area contributed by atoms with Crippen molar-refractivity contribution in [2.45, 2.75) is 56.8 Å². The summed E-state index contributed by atoms with van der Waals surface area (Å²) in [6, 6.07) is 4.91. The van der Waals surface area contributed by atoms with Crippen LogP contribution >= 0.6 is 0 Å². The van der Waals surface area contributed by atoms with Crippen LogP contribution in [0.1, 0.15) is 37.7 Å². The number of hydrogen-bond acceptors (Lipinski definition) is 5. The summed E-state index contributed by atoms with van der Waals surface area (Å²) in [5.41, 5.74) is 2.70. The fourth-order valence-electron chi connectivity index (χ4n) is 5.20. The van der Waals surface area contributed by atoms with Gasteiger partial charge in [-0.3, -0.25) is 9.59 Å². The summed E-state index contributed by atoms with van der Waals surface area (Å²) in [6.07, 6.45) is 9.66. The van der Waals surface area contributed by atoms with Crippen LogP contribution in [0.25, 0.3) is 0 Å². The lowest BCUT2D eigenvalue weighted by molar-refractivity contribution is -0.121. The highest BCUT2D eigenvalue weighted by Crippen LogP contribution is 2.29. The molecule has 0 spiro atoms. The number of aryl methyl sites for hydroxylation is 1. The van der Waals surface area contributed by atoms with E-state index in [1.165, 1.54) is 12.1 Å². The molecule has 4 rings (SSSR count). The fourth-order valence-corrected chi connectivity index (χ4v) is 5.20. The summed E-state index contributed by atoms with van der Waals surface area (Å²) < 4.78 is 24.5. The van der Waals surface area contributed by atoms with Gasteiger partial charge in [0.05, 0.1) is 6.42 Å². The maximum atomic E-state index is 13.7. The van der Waals surface area contributed by atoms with Crippen LogP contribution in [0.15, 0.2) is 42.0 Å². The number of halogens is 1. The number of rotatable bonds is 9. The summed E-state index contributed by atoms with van der Waals surface area (Å²) in [7, 11) is 3.28. The molecule has 1 N–H and O–H groups in total. The molecule has 2 unspecified atom stereocenters.